The van der Waals surface area contributed by atoms with Crippen LogP contribution in [-0.2, 0) is 15.8 Å². The average molecular weight is 529 g/mol. The molecule has 0 spiro atoms. The standard InChI is InChI=1S/C21H16BrF3N2O2S2/c22-14-6-3-5-13(11-14)12-17-19(29)27(20(30)31-17)10-4-9-18(28)26-16-8-2-1-7-15(16)21(23,24)25/h1-3,5-8,11-12H,4,9-10H2,(H,26,28)/b17-12-. The molecular weight excluding hydrogens is 513 g/mol. The highest BCUT2D eigenvalue weighted by Gasteiger charge is 2.34. The first kappa shape index (κ1) is 23.5. The van der Waals surface area contributed by atoms with Crippen molar-refractivity contribution in [2.24, 2.45) is 0 Å². The lowest BCUT2D eigenvalue weighted by atomic mass is 10.1. The summed E-state index contributed by atoms with van der Waals surface area (Å²) in [5.41, 5.74) is -0.349. The fourth-order valence-electron chi connectivity index (χ4n) is 2.89. The molecule has 2 amide bonds. The van der Waals surface area contributed by atoms with E-state index in [2.05, 4.69) is 21.2 Å². The van der Waals surface area contributed by atoms with Crippen LogP contribution in [0.3, 0.4) is 0 Å². The van der Waals surface area contributed by atoms with E-state index in [1.165, 1.54) is 34.9 Å². The summed E-state index contributed by atoms with van der Waals surface area (Å²) in [7, 11) is 0. The first-order valence-electron chi connectivity index (χ1n) is 9.12. The smallest absolute Gasteiger partial charge is 0.326 e. The van der Waals surface area contributed by atoms with Crippen LogP contribution in [0.2, 0.25) is 0 Å². The molecule has 10 heteroatoms. The van der Waals surface area contributed by atoms with E-state index in [1.54, 1.807) is 6.08 Å². The van der Waals surface area contributed by atoms with Gasteiger partial charge in [0.25, 0.3) is 5.91 Å². The molecule has 0 atom stereocenters. The summed E-state index contributed by atoms with van der Waals surface area (Å²) in [4.78, 5) is 26.7. The second-order valence-electron chi connectivity index (χ2n) is 6.58. The molecule has 1 fully saturated rings. The van der Waals surface area contributed by atoms with Gasteiger partial charge in [0.1, 0.15) is 4.32 Å². The van der Waals surface area contributed by atoms with Gasteiger partial charge in [-0.05, 0) is 42.3 Å². The normalized spacial score (nSPS) is 15.6. The number of hydrogen-bond donors (Lipinski definition) is 1. The fourth-order valence-corrected chi connectivity index (χ4v) is 4.62. The van der Waals surface area contributed by atoms with E-state index in [4.69, 9.17) is 12.2 Å². The molecule has 1 heterocycles. The van der Waals surface area contributed by atoms with E-state index in [0.717, 1.165) is 16.1 Å². The lowest BCUT2D eigenvalue weighted by molar-refractivity contribution is -0.137. The van der Waals surface area contributed by atoms with Crippen LogP contribution < -0.4 is 5.32 Å². The molecule has 0 aliphatic carbocycles. The van der Waals surface area contributed by atoms with Gasteiger partial charge in [0, 0.05) is 17.4 Å². The summed E-state index contributed by atoms with van der Waals surface area (Å²) in [6.07, 6.45) is -2.61. The predicted octanol–water partition coefficient (Wildman–Crippen LogP) is 6.09. The number of anilines is 1. The highest BCUT2D eigenvalue weighted by atomic mass is 79.9. The van der Waals surface area contributed by atoms with E-state index < -0.39 is 17.6 Å². The van der Waals surface area contributed by atoms with Crippen molar-refractivity contribution in [2.45, 2.75) is 19.0 Å². The number of thiocarbonyl (C=S) groups is 1. The number of nitrogens with zero attached hydrogens (tertiary/aromatic N) is 1. The number of carbonyl (C=O) groups is 2. The summed E-state index contributed by atoms with van der Waals surface area (Å²) in [6.45, 7) is 0.203. The Kier molecular flexibility index (Phi) is 7.55. The number of halogens is 4. The number of thioether (sulfide) groups is 1. The summed E-state index contributed by atoms with van der Waals surface area (Å²) in [5.74, 6) is -0.815. The number of nitrogens with one attached hydrogen (secondary N) is 1. The number of para-hydroxylation sites is 1. The second kappa shape index (κ2) is 9.97. The fraction of sp³-hybridized carbons (Fsp3) is 0.190. The molecule has 1 saturated heterocycles. The molecule has 0 unspecified atom stereocenters. The van der Waals surface area contributed by atoms with Gasteiger partial charge in [-0.1, -0.05) is 64.2 Å². The Balaban J connectivity index is 1.57. The van der Waals surface area contributed by atoms with Gasteiger partial charge in [0.2, 0.25) is 5.91 Å². The molecule has 0 radical (unpaired) electrons. The highest BCUT2D eigenvalue weighted by molar-refractivity contribution is 9.10. The zero-order valence-corrected chi connectivity index (χ0v) is 19.1. The molecule has 4 nitrogen and oxygen atoms in total. The number of benzene rings is 2. The second-order valence-corrected chi connectivity index (χ2v) is 9.17. The minimum Gasteiger partial charge on any atom is -0.326 e. The Hall–Kier alpha value is -2.17. The Morgan fingerprint density at radius 3 is 2.65 bits per heavy atom. The van der Waals surface area contributed by atoms with Crippen LogP contribution in [0.25, 0.3) is 6.08 Å². The van der Waals surface area contributed by atoms with E-state index in [-0.39, 0.29) is 31.0 Å². The van der Waals surface area contributed by atoms with E-state index in [9.17, 15) is 22.8 Å². The molecule has 2 aromatic rings. The number of hydrogen-bond acceptors (Lipinski definition) is 4. The molecule has 2 aromatic carbocycles. The van der Waals surface area contributed by atoms with Crippen LogP contribution >= 0.6 is 39.9 Å². The third-order valence-corrected chi connectivity index (χ3v) is 6.18. The lowest BCUT2D eigenvalue weighted by Crippen LogP contribution is -2.29. The van der Waals surface area contributed by atoms with Crippen molar-refractivity contribution in [2.75, 3.05) is 11.9 Å². The monoisotopic (exact) mass is 528 g/mol. The van der Waals surface area contributed by atoms with Crippen LogP contribution in [0.15, 0.2) is 57.9 Å². The van der Waals surface area contributed by atoms with Gasteiger partial charge in [-0.15, -0.1) is 0 Å². The quantitative estimate of drug-likeness (QED) is 0.364. The molecule has 1 aliphatic heterocycles. The van der Waals surface area contributed by atoms with Crippen molar-refractivity contribution in [1.29, 1.82) is 0 Å². The number of rotatable bonds is 6. The lowest BCUT2D eigenvalue weighted by Gasteiger charge is -2.15. The van der Waals surface area contributed by atoms with Crippen LogP contribution in [0, 0.1) is 0 Å². The molecule has 1 aliphatic rings. The number of carbonyl (C=O) groups excluding carboxylic acids is 2. The largest absolute Gasteiger partial charge is 0.418 e. The molecule has 0 aromatic heterocycles. The SMILES string of the molecule is O=C(CCCN1C(=O)/C(=C/c2cccc(Br)c2)SC1=S)Nc1ccccc1C(F)(F)F. The average Bonchev–Trinajstić information content (AvgIpc) is 2.95. The third kappa shape index (κ3) is 6.18. The number of alkyl halides is 3. The van der Waals surface area contributed by atoms with Gasteiger partial charge in [0.05, 0.1) is 16.2 Å². The van der Waals surface area contributed by atoms with Crippen LogP contribution in [0.4, 0.5) is 18.9 Å². The molecule has 31 heavy (non-hydrogen) atoms. The maximum atomic E-state index is 13.0. The maximum Gasteiger partial charge on any atom is 0.418 e. The molecule has 3 rings (SSSR count). The molecule has 0 bridgehead atoms. The van der Waals surface area contributed by atoms with Gasteiger partial charge in [0.15, 0.2) is 0 Å². The van der Waals surface area contributed by atoms with Gasteiger partial charge in [-0.2, -0.15) is 13.2 Å². The van der Waals surface area contributed by atoms with Crippen molar-refractivity contribution in [3.05, 3.63) is 69.0 Å². The first-order chi connectivity index (χ1) is 14.6. The van der Waals surface area contributed by atoms with Crippen LogP contribution in [0.5, 0.6) is 0 Å². The summed E-state index contributed by atoms with van der Waals surface area (Å²) >= 11 is 9.83. The minimum absolute atomic E-state index is 0.0477. The summed E-state index contributed by atoms with van der Waals surface area (Å²) in [5, 5.41) is 2.30. The number of amides is 2. The third-order valence-electron chi connectivity index (χ3n) is 4.31. The summed E-state index contributed by atoms with van der Waals surface area (Å²) in [6, 6.07) is 12.3. The molecular formula is C21H16BrF3N2O2S2. The maximum absolute atomic E-state index is 13.0. The Bertz CT molecular complexity index is 1060. The molecule has 1 N–H and O–H groups in total. The van der Waals surface area contributed by atoms with Crippen molar-refractivity contribution in [1.82, 2.24) is 4.90 Å². The molecule has 0 saturated carbocycles. The zero-order chi connectivity index (χ0) is 22.6. The predicted molar refractivity (Wildman–Crippen MR) is 123 cm³/mol. The highest BCUT2D eigenvalue weighted by Crippen LogP contribution is 2.35. The van der Waals surface area contributed by atoms with Gasteiger partial charge in [-0.25, -0.2) is 0 Å². The zero-order valence-electron chi connectivity index (χ0n) is 15.9. The van der Waals surface area contributed by atoms with Crippen molar-refractivity contribution in [3.8, 4) is 0 Å². The van der Waals surface area contributed by atoms with Gasteiger partial charge >= 0.3 is 6.18 Å². The first-order valence-corrected chi connectivity index (χ1v) is 11.1. The van der Waals surface area contributed by atoms with E-state index in [1.807, 2.05) is 24.3 Å². The molecule has 162 valence electrons. The van der Waals surface area contributed by atoms with Crippen LogP contribution in [0.1, 0.15) is 24.0 Å². The van der Waals surface area contributed by atoms with Crippen molar-refractivity contribution >= 4 is 67.8 Å². The van der Waals surface area contributed by atoms with Gasteiger partial charge < -0.3 is 5.32 Å². The minimum atomic E-state index is -4.56. The Morgan fingerprint density at radius 1 is 1.19 bits per heavy atom. The van der Waals surface area contributed by atoms with E-state index >= 15 is 0 Å². The van der Waals surface area contributed by atoms with Crippen molar-refractivity contribution < 1.29 is 22.8 Å². The van der Waals surface area contributed by atoms with E-state index in [0.29, 0.717) is 9.23 Å². The Labute approximate surface area is 195 Å². The Morgan fingerprint density at radius 2 is 1.94 bits per heavy atom. The van der Waals surface area contributed by atoms with Crippen LogP contribution in [-0.4, -0.2) is 27.6 Å². The summed E-state index contributed by atoms with van der Waals surface area (Å²) < 4.78 is 40.4. The van der Waals surface area contributed by atoms with Crippen molar-refractivity contribution in [3.63, 3.8) is 0 Å². The van der Waals surface area contributed by atoms with Gasteiger partial charge in [-0.3, -0.25) is 14.5 Å². The topological polar surface area (TPSA) is 49.4 Å².